The number of aliphatic hydroxyl groups is 1. The van der Waals surface area contributed by atoms with Gasteiger partial charge in [0.1, 0.15) is 23.7 Å². The van der Waals surface area contributed by atoms with Crippen molar-refractivity contribution in [2.24, 2.45) is 0 Å². The second kappa shape index (κ2) is 13.9. The molecule has 0 spiro atoms. The Hall–Kier alpha value is -5.11. The molecule has 234 valence electrons. The molecule has 2 N–H and O–H groups in total. The molecule has 5 aromatic rings. The molecule has 1 amide bonds. The van der Waals surface area contributed by atoms with E-state index >= 15 is 0 Å². The van der Waals surface area contributed by atoms with Crippen molar-refractivity contribution < 1.29 is 28.8 Å². The van der Waals surface area contributed by atoms with E-state index in [-0.39, 0.29) is 25.7 Å². The smallest absolute Gasteiger partial charge is 0.407 e. The largest absolute Gasteiger partial charge is 0.497 e. The number of hydrogen-bond donors (Lipinski definition) is 2. The molecule has 1 aliphatic carbocycles. The van der Waals surface area contributed by atoms with Gasteiger partial charge in [0.25, 0.3) is 0 Å². The first-order valence-electron chi connectivity index (χ1n) is 15.3. The number of nitrogens with one attached hydrogen (secondary N) is 1. The molecule has 0 heterocycles. The molecule has 0 aliphatic heterocycles. The van der Waals surface area contributed by atoms with E-state index in [0.29, 0.717) is 11.5 Å². The van der Waals surface area contributed by atoms with Crippen LogP contribution in [0.5, 0.6) is 11.5 Å². The van der Waals surface area contributed by atoms with Gasteiger partial charge in [-0.1, -0.05) is 103 Å². The van der Waals surface area contributed by atoms with Crippen LogP contribution in [-0.4, -0.2) is 51.3 Å². The van der Waals surface area contributed by atoms with Crippen molar-refractivity contribution in [3.8, 4) is 22.6 Å². The Morgan fingerprint density at radius 3 is 1.70 bits per heavy atom. The molecule has 7 heteroatoms. The normalized spacial score (nSPS) is 12.9. The van der Waals surface area contributed by atoms with Gasteiger partial charge in [0, 0.05) is 12.5 Å². The first-order chi connectivity index (χ1) is 22.5. The predicted molar refractivity (Wildman–Crippen MR) is 177 cm³/mol. The lowest BCUT2D eigenvalue weighted by Gasteiger charge is -2.36. The van der Waals surface area contributed by atoms with Gasteiger partial charge in [-0.15, -0.1) is 0 Å². The van der Waals surface area contributed by atoms with Gasteiger partial charge in [-0.05, 0) is 63.2 Å². The van der Waals surface area contributed by atoms with E-state index in [9.17, 15) is 9.90 Å². The third-order valence-corrected chi connectivity index (χ3v) is 8.49. The Morgan fingerprint density at radius 2 is 1.17 bits per heavy atom. The fourth-order valence-corrected chi connectivity index (χ4v) is 6.21. The lowest BCUT2D eigenvalue weighted by atomic mass is 9.80. The SMILES string of the molecule is COc1ccc(C(OCC(O)CNC(=O)OCC2c3ccccc3-c3ccccc32)(c2ccccc2)c2ccc(OC)cc2)cc1. The molecule has 0 saturated heterocycles. The summed E-state index contributed by atoms with van der Waals surface area (Å²) in [5, 5.41) is 13.8. The summed E-state index contributed by atoms with van der Waals surface area (Å²) in [5.41, 5.74) is 6.10. The highest BCUT2D eigenvalue weighted by Gasteiger charge is 2.38. The van der Waals surface area contributed by atoms with Crippen LogP contribution in [-0.2, 0) is 15.1 Å². The molecule has 1 atom stereocenters. The molecule has 0 aromatic heterocycles. The fraction of sp³-hybridized carbons (Fsp3) is 0.205. The topological polar surface area (TPSA) is 86.2 Å². The number of carbonyl (C=O) groups is 1. The Labute approximate surface area is 269 Å². The van der Waals surface area contributed by atoms with Crippen molar-refractivity contribution in [1.29, 1.82) is 0 Å². The van der Waals surface area contributed by atoms with Crippen LogP contribution in [0.4, 0.5) is 4.79 Å². The summed E-state index contributed by atoms with van der Waals surface area (Å²) in [5.74, 6) is 1.38. The van der Waals surface area contributed by atoms with Gasteiger partial charge in [0.15, 0.2) is 0 Å². The number of fused-ring (bicyclic) bond motifs is 3. The van der Waals surface area contributed by atoms with E-state index in [1.54, 1.807) is 14.2 Å². The van der Waals surface area contributed by atoms with Gasteiger partial charge < -0.3 is 29.4 Å². The van der Waals surface area contributed by atoms with Crippen LogP contribution >= 0.6 is 0 Å². The quantitative estimate of drug-likeness (QED) is 0.148. The summed E-state index contributed by atoms with van der Waals surface area (Å²) < 4.78 is 23.2. The third kappa shape index (κ3) is 6.20. The van der Waals surface area contributed by atoms with E-state index in [1.807, 2.05) is 103 Å². The summed E-state index contributed by atoms with van der Waals surface area (Å²) in [4.78, 5) is 12.8. The fourth-order valence-electron chi connectivity index (χ4n) is 6.21. The van der Waals surface area contributed by atoms with Crippen LogP contribution in [0.1, 0.15) is 33.7 Å². The second-order valence-electron chi connectivity index (χ2n) is 11.2. The summed E-state index contributed by atoms with van der Waals surface area (Å²) in [7, 11) is 3.25. The molecule has 0 saturated carbocycles. The van der Waals surface area contributed by atoms with Crippen molar-refractivity contribution in [2.45, 2.75) is 17.6 Å². The van der Waals surface area contributed by atoms with E-state index in [2.05, 4.69) is 29.6 Å². The molecular formula is C39H37NO6. The van der Waals surface area contributed by atoms with Gasteiger partial charge in [0.2, 0.25) is 0 Å². The Bertz CT molecular complexity index is 1660. The number of hydrogen-bond acceptors (Lipinski definition) is 6. The van der Waals surface area contributed by atoms with Crippen molar-refractivity contribution in [2.75, 3.05) is 34.0 Å². The van der Waals surface area contributed by atoms with E-state index in [0.717, 1.165) is 38.9 Å². The first kappa shape index (κ1) is 30.9. The number of aliphatic hydroxyl groups excluding tert-OH is 1. The average Bonchev–Trinajstić information content (AvgIpc) is 3.44. The monoisotopic (exact) mass is 615 g/mol. The summed E-state index contributed by atoms with van der Waals surface area (Å²) in [6.45, 7) is 0.0713. The lowest BCUT2D eigenvalue weighted by Crippen LogP contribution is -2.40. The molecule has 6 rings (SSSR count). The van der Waals surface area contributed by atoms with Gasteiger partial charge in [-0.2, -0.15) is 0 Å². The molecule has 0 radical (unpaired) electrons. The Morgan fingerprint density at radius 1 is 0.696 bits per heavy atom. The molecule has 1 aliphatic rings. The average molecular weight is 616 g/mol. The van der Waals surface area contributed by atoms with Crippen LogP contribution in [0.15, 0.2) is 127 Å². The predicted octanol–water partition coefficient (Wildman–Crippen LogP) is 6.91. The number of benzene rings is 5. The third-order valence-electron chi connectivity index (χ3n) is 8.49. The molecule has 7 nitrogen and oxygen atoms in total. The highest BCUT2D eigenvalue weighted by Crippen LogP contribution is 2.45. The Balaban J connectivity index is 1.17. The number of carbonyl (C=O) groups excluding carboxylic acids is 1. The number of amides is 1. The summed E-state index contributed by atoms with van der Waals surface area (Å²) in [6, 6.07) is 41.6. The molecule has 0 fully saturated rings. The minimum absolute atomic E-state index is 0.0488. The van der Waals surface area contributed by atoms with Crippen LogP contribution in [0, 0.1) is 0 Å². The molecule has 1 unspecified atom stereocenters. The molecule has 5 aromatic carbocycles. The maximum atomic E-state index is 12.8. The van der Waals surface area contributed by atoms with E-state index < -0.39 is 17.8 Å². The van der Waals surface area contributed by atoms with Gasteiger partial charge >= 0.3 is 6.09 Å². The minimum Gasteiger partial charge on any atom is -0.497 e. The Kier molecular flexibility index (Phi) is 9.33. The second-order valence-corrected chi connectivity index (χ2v) is 11.2. The summed E-state index contributed by atoms with van der Waals surface area (Å²) >= 11 is 0. The van der Waals surface area contributed by atoms with Crippen molar-refractivity contribution >= 4 is 6.09 Å². The first-order valence-corrected chi connectivity index (χ1v) is 15.3. The maximum Gasteiger partial charge on any atom is 0.407 e. The molecule has 0 bridgehead atoms. The van der Waals surface area contributed by atoms with Gasteiger partial charge in [-0.3, -0.25) is 0 Å². The molecule has 46 heavy (non-hydrogen) atoms. The number of rotatable bonds is 12. The van der Waals surface area contributed by atoms with Crippen molar-refractivity contribution in [1.82, 2.24) is 5.32 Å². The van der Waals surface area contributed by atoms with Crippen LogP contribution < -0.4 is 14.8 Å². The van der Waals surface area contributed by atoms with Gasteiger partial charge in [0.05, 0.1) is 26.9 Å². The zero-order valence-corrected chi connectivity index (χ0v) is 25.9. The standard InChI is InChI=1S/C39H37NO6/c1-43-31-20-16-28(17-21-31)39(27-10-4-3-5-11-27,29-18-22-32(44-2)23-19-29)46-25-30(41)24-40-38(42)45-26-37-35-14-8-6-12-33(35)34-13-7-9-15-36(34)37/h3-23,30,37,41H,24-26H2,1-2H3,(H,40,42). The van der Waals surface area contributed by atoms with E-state index in [4.69, 9.17) is 18.9 Å². The van der Waals surface area contributed by atoms with Gasteiger partial charge in [-0.25, -0.2) is 4.79 Å². The highest BCUT2D eigenvalue weighted by molar-refractivity contribution is 5.79. The van der Waals surface area contributed by atoms with Crippen molar-refractivity contribution in [3.63, 3.8) is 0 Å². The maximum absolute atomic E-state index is 12.8. The minimum atomic E-state index is -1.08. The van der Waals surface area contributed by atoms with E-state index in [1.165, 1.54) is 0 Å². The number of ether oxygens (including phenoxy) is 4. The summed E-state index contributed by atoms with van der Waals surface area (Å²) in [6.07, 6.45) is -1.61. The zero-order valence-electron chi connectivity index (χ0n) is 25.9. The van der Waals surface area contributed by atoms with Crippen molar-refractivity contribution in [3.05, 3.63) is 155 Å². The van der Waals surface area contributed by atoms with Crippen LogP contribution in [0.2, 0.25) is 0 Å². The molecular weight excluding hydrogens is 578 g/mol. The van der Waals surface area contributed by atoms with Crippen LogP contribution in [0.25, 0.3) is 11.1 Å². The zero-order chi connectivity index (χ0) is 31.9. The highest BCUT2D eigenvalue weighted by atomic mass is 16.5. The van der Waals surface area contributed by atoms with Crippen LogP contribution in [0.3, 0.4) is 0 Å². The lowest BCUT2D eigenvalue weighted by molar-refractivity contribution is -0.0370. The number of methoxy groups -OCH3 is 2. The number of alkyl carbamates (subject to hydrolysis) is 1.